The molecule has 2 amide bonds. The predicted octanol–water partition coefficient (Wildman–Crippen LogP) is 3.52. The van der Waals surface area contributed by atoms with Crippen LogP contribution in [0.25, 0.3) is 0 Å². The number of urea groups is 1. The molecule has 1 atom stereocenters. The lowest BCUT2D eigenvalue weighted by molar-refractivity contribution is -0.138. The minimum Gasteiger partial charge on any atom is -0.481 e. The fourth-order valence-corrected chi connectivity index (χ4v) is 1.81. The first-order valence-corrected chi connectivity index (χ1v) is 6.52. The first kappa shape index (κ1) is 14.6. The van der Waals surface area contributed by atoms with Crippen LogP contribution in [0.15, 0.2) is 54.6 Å². The van der Waals surface area contributed by atoms with Gasteiger partial charge in [0.05, 0.1) is 5.92 Å². The maximum absolute atomic E-state index is 11.8. The molecule has 21 heavy (non-hydrogen) atoms. The average molecular weight is 284 g/mol. The number of rotatable bonds is 4. The summed E-state index contributed by atoms with van der Waals surface area (Å²) in [7, 11) is 0. The van der Waals surface area contributed by atoms with Gasteiger partial charge in [0.2, 0.25) is 0 Å². The van der Waals surface area contributed by atoms with Crippen molar-refractivity contribution in [3.63, 3.8) is 0 Å². The smallest absolute Gasteiger partial charge is 0.323 e. The van der Waals surface area contributed by atoms with Crippen molar-refractivity contribution in [3.05, 3.63) is 60.2 Å². The quantitative estimate of drug-likeness (QED) is 0.803. The van der Waals surface area contributed by atoms with E-state index in [2.05, 4.69) is 10.6 Å². The third kappa shape index (κ3) is 4.07. The lowest BCUT2D eigenvalue weighted by Gasteiger charge is -2.10. The highest BCUT2D eigenvalue weighted by molar-refractivity contribution is 5.99. The zero-order valence-electron chi connectivity index (χ0n) is 11.5. The molecule has 0 spiro atoms. The van der Waals surface area contributed by atoms with E-state index in [0.717, 1.165) is 0 Å². The van der Waals surface area contributed by atoms with Gasteiger partial charge < -0.3 is 15.7 Å². The summed E-state index contributed by atoms with van der Waals surface area (Å²) in [6.07, 6.45) is 0. The minimum absolute atomic E-state index is 0.347. The van der Waals surface area contributed by atoms with E-state index in [1.165, 1.54) is 0 Å². The molecule has 2 rings (SSSR count). The van der Waals surface area contributed by atoms with Gasteiger partial charge in [-0.25, -0.2) is 4.79 Å². The molecule has 0 aliphatic heterocycles. The van der Waals surface area contributed by atoms with E-state index in [4.69, 9.17) is 5.11 Å². The minimum atomic E-state index is -0.877. The van der Waals surface area contributed by atoms with E-state index in [0.29, 0.717) is 16.9 Å². The molecule has 0 aromatic heterocycles. The molecule has 0 saturated carbocycles. The summed E-state index contributed by atoms with van der Waals surface area (Å²) in [6, 6.07) is 15.5. The van der Waals surface area contributed by atoms with Crippen LogP contribution in [0.5, 0.6) is 0 Å². The Hall–Kier alpha value is -2.82. The summed E-state index contributed by atoms with van der Waals surface area (Å²) in [5, 5.41) is 14.3. The van der Waals surface area contributed by atoms with Crippen LogP contribution >= 0.6 is 0 Å². The number of carbonyl (C=O) groups excluding carboxylic acids is 1. The van der Waals surface area contributed by atoms with E-state index in [9.17, 15) is 9.59 Å². The molecule has 2 aromatic rings. The van der Waals surface area contributed by atoms with Crippen molar-refractivity contribution in [1.82, 2.24) is 0 Å². The number of carboxylic acids is 1. The van der Waals surface area contributed by atoms with Crippen LogP contribution in [0, 0.1) is 0 Å². The highest BCUT2D eigenvalue weighted by atomic mass is 16.4. The molecule has 0 aliphatic rings. The summed E-state index contributed by atoms with van der Waals surface area (Å²) >= 11 is 0. The molecule has 2 aromatic carbocycles. The third-order valence-electron chi connectivity index (χ3n) is 3.07. The summed E-state index contributed by atoms with van der Waals surface area (Å²) in [5.74, 6) is -1.45. The third-order valence-corrected chi connectivity index (χ3v) is 3.07. The van der Waals surface area contributed by atoms with Gasteiger partial charge in [-0.3, -0.25) is 4.79 Å². The number of anilines is 2. The summed E-state index contributed by atoms with van der Waals surface area (Å²) < 4.78 is 0. The van der Waals surface area contributed by atoms with Gasteiger partial charge in [0, 0.05) is 11.4 Å². The standard InChI is InChI=1S/C16H16N2O3/c1-11(15(19)20)12-7-9-14(10-8-12)18-16(21)17-13-5-3-2-4-6-13/h2-11H,1H3,(H,19,20)(H2,17,18,21). The second-order valence-electron chi connectivity index (χ2n) is 4.63. The topological polar surface area (TPSA) is 78.4 Å². The fraction of sp³-hybridized carbons (Fsp3) is 0.125. The second kappa shape index (κ2) is 6.56. The number of carbonyl (C=O) groups is 2. The Morgan fingerprint density at radius 1 is 0.905 bits per heavy atom. The van der Waals surface area contributed by atoms with E-state index < -0.39 is 11.9 Å². The van der Waals surface area contributed by atoms with Crippen LogP contribution in [-0.2, 0) is 4.79 Å². The van der Waals surface area contributed by atoms with E-state index in [1.54, 1.807) is 43.3 Å². The fourth-order valence-electron chi connectivity index (χ4n) is 1.81. The Labute approximate surface area is 122 Å². The van der Waals surface area contributed by atoms with Gasteiger partial charge in [0.1, 0.15) is 0 Å². The molecule has 0 bridgehead atoms. The van der Waals surface area contributed by atoms with Crippen LogP contribution in [0.4, 0.5) is 16.2 Å². The van der Waals surface area contributed by atoms with Gasteiger partial charge >= 0.3 is 12.0 Å². The summed E-state index contributed by atoms with van der Waals surface area (Å²) in [4.78, 5) is 22.7. The van der Waals surface area contributed by atoms with Crippen molar-refractivity contribution in [3.8, 4) is 0 Å². The SMILES string of the molecule is CC(C(=O)O)c1ccc(NC(=O)Nc2ccccc2)cc1. The Morgan fingerprint density at radius 2 is 1.43 bits per heavy atom. The monoisotopic (exact) mass is 284 g/mol. The molecule has 3 N–H and O–H groups in total. The second-order valence-corrected chi connectivity index (χ2v) is 4.63. The molecule has 0 saturated heterocycles. The van der Waals surface area contributed by atoms with Crippen molar-refractivity contribution < 1.29 is 14.7 Å². The highest BCUT2D eigenvalue weighted by Gasteiger charge is 2.13. The van der Waals surface area contributed by atoms with Crippen molar-refractivity contribution in [2.75, 3.05) is 10.6 Å². The van der Waals surface area contributed by atoms with Crippen LogP contribution < -0.4 is 10.6 Å². The van der Waals surface area contributed by atoms with Crippen LogP contribution in [0.3, 0.4) is 0 Å². The highest BCUT2D eigenvalue weighted by Crippen LogP contribution is 2.18. The summed E-state index contributed by atoms with van der Waals surface area (Å²) in [5.41, 5.74) is 1.99. The number of nitrogens with one attached hydrogen (secondary N) is 2. The van der Waals surface area contributed by atoms with Crippen molar-refractivity contribution in [1.29, 1.82) is 0 Å². The van der Waals surface area contributed by atoms with Gasteiger partial charge in [-0.15, -0.1) is 0 Å². The maximum atomic E-state index is 11.8. The zero-order chi connectivity index (χ0) is 15.2. The molecular formula is C16H16N2O3. The number of benzene rings is 2. The number of aliphatic carboxylic acids is 1. The number of para-hydroxylation sites is 1. The van der Waals surface area contributed by atoms with Crippen molar-refractivity contribution in [2.45, 2.75) is 12.8 Å². The first-order valence-electron chi connectivity index (χ1n) is 6.52. The number of hydrogen-bond acceptors (Lipinski definition) is 2. The van der Waals surface area contributed by atoms with Gasteiger partial charge in [-0.1, -0.05) is 30.3 Å². The van der Waals surface area contributed by atoms with Crippen molar-refractivity contribution in [2.24, 2.45) is 0 Å². The molecule has 108 valence electrons. The van der Waals surface area contributed by atoms with E-state index >= 15 is 0 Å². The molecular weight excluding hydrogens is 268 g/mol. The molecule has 5 heteroatoms. The molecule has 0 heterocycles. The van der Waals surface area contributed by atoms with Crippen LogP contribution in [0.1, 0.15) is 18.4 Å². The van der Waals surface area contributed by atoms with Crippen LogP contribution in [0.2, 0.25) is 0 Å². The Balaban J connectivity index is 1.97. The van der Waals surface area contributed by atoms with Gasteiger partial charge in [-0.2, -0.15) is 0 Å². The first-order chi connectivity index (χ1) is 10.1. The number of hydrogen-bond donors (Lipinski definition) is 3. The Morgan fingerprint density at radius 3 is 1.95 bits per heavy atom. The molecule has 5 nitrogen and oxygen atoms in total. The average Bonchev–Trinajstić information content (AvgIpc) is 2.48. The van der Waals surface area contributed by atoms with Crippen LogP contribution in [-0.4, -0.2) is 17.1 Å². The van der Waals surface area contributed by atoms with Crippen molar-refractivity contribution >= 4 is 23.4 Å². The lowest BCUT2D eigenvalue weighted by atomic mass is 10.0. The lowest BCUT2D eigenvalue weighted by Crippen LogP contribution is -2.19. The maximum Gasteiger partial charge on any atom is 0.323 e. The molecule has 0 aliphatic carbocycles. The van der Waals surface area contributed by atoms with Gasteiger partial charge in [0.25, 0.3) is 0 Å². The van der Waals surface area contributed by atoms with E-state index in [-0.39, 0.29) is 6.03 Å². The summed E-state index contributed by atoms with van der Waals surface area (Å²) in [6.45, 7) is 1.62. The van der Waals surface area contributed by atoms with E-state index in [1.807, 2.05) is 18.2 Å². The normalized spacial score (nSPS) is 11.5. The van der Waals surface area contributed by atoms with Gasteiger partial charge in [-0.05, 0) is 36.8 Å². The number of amides is 2. The number of carboxylic acid groups (broad SMARTS) is 1. The molecule has 1 unspecified atom stereocenters. The molecule has 0 fully saturated rings. The Bertz CT molecular complexity index is 624. The van der Waals surface area contributed by atoms with Gasteiger partial charge in [0.15, 0.2) is 0 Å². The predicted molar refractivity (Wildman–Crippen MR) is 81.6 cm³/mol. The Kier molecular flexibility index (Phi) is 4.56. The largest absolute Gasteiger partial charge is 0.481 e. The zero-order valence-corrected chi connectivity index (χ0v) is 11.5. The molecule has 0 radical (unpaired) electrons.